The van der Waals surface area contributed by atoms with Crippen molar-refractivity contribution in [1.82, 2.24) is 16.0 Å². The molecule has 3 saturated carbocycles. The van der Waals surface area contributed by atoms with Crippen molar-refractivity contribution in [1.29, 1.82) is 0 Å². The van der Waals surface area contributed by atoms with Gasteiger partial charge in [0.05, 0.1) is 19.0 Å². The number of ether oxygens (including phenoxy) is 3. The van der Waals surface area contributed by atoms with Gasteiger partial charge in [-0.15, -0.1) is 0 Å². The van der Waals surface area contributed by atoms with Gasteiger partial charge in [-0.1, -0.05) is 68.5 Å². The average Bonchev–Trinajstić information content (AvgIpc) is 3.97. The molecule has 4 N–H and O–H groups in total. The second kappa shape index (κ2) is 18.6. The summed E-state index contributed by atoms with van der Waals surface area (Å²) >= 11 is 0.282. The molecule has 0 aliphatic heterocycles. The van der Waals surface area contributed by atoms with Crippen LogP contribution in [-0.4, -0.2) is 94.9 Å². The normalized spacial score (nSPS) is 30.9. The lowest BCUT2D eigenvalue weighted by Crippen LogP contribution is -2.70. The first kappa shape index (κ1) is 48.7. The zero-order valence-electron chi connectivity index (χ0n) is 38.1. The number of ketones is 1. The Morgan fingerprint density at radius 3 is 2.29 bits per heavy atom. The number of alkyl carbamates (subject to hydrolysis) is 1. The number of rotatable bonds is 14. The molecule has 5 aliphatic carbocycles. The van der Waals surface area contributed by atoms with Gasteiger partial charge >= 0.3 is 12.1 Å². The van der Waals surface area contributed by atoms with Crippen LogP contribution in [0.2, 0.25) is 0 Å². The molecule has 1 aromatic heterocycles. The van der Waals surface area contributed by atoms with Gasteiger partial charge in [0.1, 0.15) is 37.6 Å². The van der Waals surface area contributed by atoms with Crippen LogP contribution in [0.25, 0.3) is 11.1 Å². The lowest BCUT2D eigenvalue weighted by molar-refractivity contribution is -0.221. The molecule has 14 nitrogen and oxygen atoms in total. The van der Waals surface area contributed by atoms with E-state index >= 15 is 8.78 Å². The van der Waals surface area contributed by atoms with E-state index in [1.807, 2.05) is 48.5 Å². The first-order valence-corrected chi connectivity index (χ1v) is 23.6. The topological polar surface area (TPSA) is 200 Å². The number of benzene rings is 2. The molecule has 5 aliphatic rings. The fourth-order valence-electron chi connectivity index (χ4n) is 11.9. The zero-order chi connectivity index (χ0) is 48.9. The predicted octanol–water partition coefficient (Wildman–Crippen LogP) is 6.95. The molecule has 0 radical (unpaired) electrons. The number of alkyl halides is 3. The summed E-state index contributed by atoms with van der Waals surface area (Å²) in [6.07, 6.45) is -0.302. The summed E-state index contributed by atoms with van der Waals surface area (Å²) in [7, 11) is 0. The van der Waals surface area contributed by atoms with Crippen molar-refractivity contribution in [2.24, 2.45) is 28.6 Å². The Morgan fingerprint density at radius 2 is 1.62 bits per heavy atom. The lowest BCUT2D eigenvalue weighted by atomic mass is 9.44. The van der Waals surface area contributed by atoms with Crippen molar-refractivity contribution in [3.05, 3.63) is 107 Å². The van der Waals surface area contributed by atoms with Crippen LogP contribution >= 0.6 is 11.8 Å². The van der Waals surface area contributed by atoms with Crippen LogP contribution in [-0.2, 0) is 40.0 Å². The maximum absolute atomic E-state index is 17.8. The van der Waals surface area contributed by atoms with E-state index in [9.17, 15) is 38.3 Å². The number of amides is 3. The number of esters is 1. The Kier molecular flexibility index (Phi) is 13.4. The van der Waals surface area contributed by atoms with Gasteiger partial charge in [0.25, 0.3) is 0 Å². The Balaban J connectivity index is 0.835. The number of allylic oxidation sites excluding steroid dienone is 4. The Bertz CT molecular complexity index is 2540. The summed E-state index contributed by atoms with van der Waals surface area (Å²) in [5, 5.41) is 18.5. The number of aliphatic hydroxyl groups excluding tert-OH is 1. The molecule has 362 valence electrons. The van der Waals surface area contributed by atoms with E-state index in [2.05, 4.69) is 16.0 Å². The minimum atomic E-state index is -2.45. The highest BCUT2D eigenvalue weighted by atomic mass is 32.2. The maximum Gasteiger partial charge on any atom is 0.407 e. The third-order valence-corrected chi connectivity index (χ3v) is 15.9. The number of halogens is 3. The molecule has 0 unspecified atom stereocenters. The largest absolute Gasteiger partial charge is 0.457 e. The highest BCUT2D eigenvalue weighted by Gasteiger charge is 2.78. The van der Waals surface area contributed by atoms with Crippen LogP contribution < -0.4 is 16.0 Å². The van der Waals surface area contributed by atoms with Gasteiger partial charge < -0.3 is 39.7 Å². The highest BCUT2D eigenvalue weighted by molar-refractivity contribution is 8.13. The molecule has 3 fully saturated rings. The van der Waals surface area contributed by atoms with E-state index in [-0.39, 0.29) is 55.4 Å². The predicted molar refractivity (Wildman–Crippen MR) is 242 cm³/mol. The van der Waals surface area contributed by atoms with Gasteiger partial charge in [0, 0.05) is 34.1 Å². The van der Waals surface area contributed by atoms with E-state index in [0.29, 0.717) is 5.56 Å². The van der Waals surface area contributed by atoms with E-state index in [4.69, 9.17) is 18.6 Å². The standard InChI is InChI=1S/C50H54F3N3O11S/c1-26-16-36-37-19-39(52)38-18-30(57)14-15-47(38,4)49(37,53)41(58)20-48(36,5)50(26,45(62)68-24-51)67-44(61)40-17-29(22-65-40)21-64-25-54-42(59)27(2)55-43(60)28(3)56-46(63)66-23-35-33-12-8-6-10-31(33)32-11-7-9-13-34(32)35/h6-15,17-18,22,26-28,35-37,39,41,58H,16,19-21,23-25H2,1-5H3,(H,54,59)(H,55,60)(H,56,63)/t26-,27+,28+,36+,37+,39+,41+,47+,48+,49+,50+/m1/s1. The minimum absolute atomic E-state index is 0.0573. The third-order valence-electron chi connectivity index (χ3n) is 15.2. The van der Waals surface area contributed by atoms with Crippen molar-refractivity contribution in [2.75, 3.05) is 19.3 Å². The van der Waals surface area contributed by atoms with Crippen LogP contribution in [0.5, 0.6) is 0 Å². The Labute approximate surface area is 395 Å². The van der Waals surface area contributed by atoms with Crippen LogP contribution in [0.4, 0.5) is 18.0 Å². The molecular formula is C50H54F3N3O11S. The van der Waals surface area contributed by atoms with Gasteiger partial charge in [-0.3, -0.25) is 19.2 Å². The van der Waals surface area contributed by atoms with E-state index < -0.39 is 118 Å². The van der Waals surface area contributed by atoms with Crippen molar-refractivity contribution < 1.29 is 65.7 Å². The first-order valence-electron chi connectivity index (χ1n) is 22.6. The third kappa shape index (κ3) is 8.04. The van der Waals surface area contributed by atoms with Crippen molar-refractivity contribution in [3.63, 3.8) is 0 Å². The van der Waals surface area contributed by atoms with Gasteiger partial charge in [-0.25, -0.2) is 22.8 Å². The molecule has 0 bridgehead atoms. The number of carbonyl (C=O) groups excluding carboxylic acids is 6. The van der Waals surface area contributed by atoms with E-state index in [1.165, 1.54) is 39.2 Å². The number of carbonyl (C=O) groups is 6. The smallest absolute Gasteiger partial charge is 0.407 e. The fraction of sp³-hybridized carbons (Fsp3) is 0.480. The number of furan rings is 1. The molecule has 3 aromatic rings. The second-order valence-corrected chi connectivity index (χ2v) is 19.8. The van der Waals surface area contributed by atoms with Crippen LogP contribution in [0.3, 0.4) is 0 Å². The molecule has 11 atom stereocenters. The molecule has 3 amide bonds. The number of hydrogen-bond acceptors (Lipinski definition) is 12. The van der Waals surface area contributed by atoms with E-state index in [0.717, 1.165) is 34.4 Å². The number of nitrogens with one attached hydrogen (secondary N) is 3. The first-order chi connectivity index (χ1) is 32.3. The number of hydrogen-bond donors (Lipinski definition) is 4. The minimum Gasteiger partial charge on any atom is -0.457 e. The Morgan fingerprint density at radius 1 is 0.956 bits per heavy atom. The maximum atomic E-state index is 17.8. The molecule has 2 aromatic carbocycles. The van der Waals surface area contributed by atoms with Gasteiger partial charge in [-0.2, -0.15) is 0 Å². The van der Waals surface area contributed by atoms with Gasteiger partial charge in [0.15, 0.2) is 17.1 Å². The average molecular weight is 962 g/mol. The second-order valence-electron chi connectivity index (χ2n) is 18.9. The summed E-state index contributed by atoms with van der Waals surface area (Å²) in [6.45, 7) is 7.11. The Hall–Kier alpha value is -5.72. The van der Waals surface area contributed by atoms with Gasteiger partial charge in [0.2, 0.25) is 22.7 Å². The van der Waals surface area contributed by atoms with E-state index in [1.54, 1.807) is 13.8 Å². The fourth-order valence-corrected chi connectivity index (χ4v) is 12.6. The van der Waals surface area contributed by atoms with Gasteiger partial charge in [-0.05, 0) is 104 Å². The molecule has 8 rings (SSSR count). The molecule has 18 heteroatoms. The summed E-state index contributed by atoms with van der Waals surface area (Å²) in [5.41, 5.74) is -3.23. The monoisotopic (exact) mass is 961 g/mol. The highest BCUT2D eigenvalue weighted by Crippen LogP contribution is 2.72. The van der Waals surface area contributed by atoms with Crippen molar-refractivity contribution >= 4 is 46.5 Å². The number of thioether (sulfide) groups is 1. The van der Waals surface area contributed by atoms with Crippen LogP contribution in [0, 0.1) is 28.6 Å². The number of aliphatic hydroxyl groups is 1. The zero-order valence-corrected chi connectivity index (χ0v) is 39.0. The molecule has 0 saturated heterocycles. The lowest BCUT2D eigenvalue weighted by Gasteiger charge is -2.63. The van der Waals surface area contributed by atoms with Crippen molar-refractivity contribution in [3.8, 4) is 11.1 Å². The van der Waals surface area contributed by atoms with Crippen molar-refractivity contribution in [2.45, 2.75) is 102 Å². The van der Waals surface area contributed by atoms with Crippen LogP contribution in [0.15, 0.2) is 89.1 Å². The molecule has 0 spiro atoms. The van der Waals surface area contributed by atoms with Crippen LogP contribution in [0.1, 0.15) is 87.0 Å². The molecule has 68 heavy (non-hydrogen) atoms. The summed E-state index contributed by atoms with van der Waals surface area (Å²) in [5.74, 6) is -6.16. The molecular weight excluding hydrogens is 908 g/mol. The summed E-state index contributed by atoms with van der Waals surface area (Å²) in [4.78, 5) is 78.7. The SMILES string of the molecule is C[C@H](NC(=O)OCC1c2ccccc2-c2ccccc21)C(=O)N[C@@H](C)C(=O)NCOCc1coc(C(=O)O[C@]2(C(=O)SCF)[C@H](C)C[C@H]3[C@@H]4C[C@H](F)C5=CC(=O)C=C[C@]5(C)[C@@]4(F)[C@@H](O)C[C@@]32C)c1. The summed E-state index contributed by atoms with van der Waals surface area (Å²) < 4.78 is 70.4. The quantitative estimate of drug-likeness (QED) is 0.0738. The molecule has 1 heterocycles. The summed E-state index contributed by atoms with van der Waals surface area (Å²) in [6, 6.07) is 13.8. The number of fused-ring (bicyclic) bond motifs is 8.